The molecule has 0 radical (unpaired) electrons. The predicted molar refractivity (Wildman–Crippen MR) is 193 cm³/mol. The molecular formula is C36H38ClN7O7. The third-order valence-electron chi connectivity index (χ3n) is 6.93. The Labute approximate surface area is 299 Å². The lowest BCUT2D eigenvalue weighted by Gasteiger charge is -2.23. The van der Waals surface area contributed by atoms with Gasteiger partial charge in [-0.2, -0.15) is 4.99 Å². The fraction of sp³-hybridized carbons (Fsp3) is 0.250. The van der Waals surface area contributed by atoms with Gasteiger partial charge in [-0.25, -0.2) is 14.6 Å². The van der Waals surface area contributed by atoms with Crippen LogP contribution in [0.15, 0.2) is 94.7 Å². The van der Waals surface area contributed by atoms with Gasteiger partial charge in [0.05, 0.1) is 12.2 Å². The standard InChI is InChI=1S/C36H38ClN7O7/c1-36(2,3)51-34(48)39-19-10-20-44(31-33(47)41-28(29(37)42-31)24-13-8-5-9-14-24)21-27(45)40-32(46)26-17-15-25(16-18-26)30(38)43-35(49)50-22-23-11-6-4-7-12-23/h4-9,11-18H,10,19-22H2,1-3H3,(H,39,48)(H,41,47)(H2,38,43,49)(H,40,45,46). The zero-order valence-corrected chi connectivity index (χ0v) is 29.0. The maximum atomic E-state index is 13.2. The number of rotatable bonds is 12. The molecule has 0 fully saturated rings. The van der Waals surface area contributed by atoms with Crippen LogP contribution in [0.3, 0.4) is 0 Å². The van der Waals surface area contributed by atoms with Gasteiger partial charge in [-0.3, -0.25) is 19.7 Å². The summed E-state index contributed by atoms with van der Waals surface area (Å²) in [6.45, 7) is 5.02. The second kappa shape index (κ2) is 17.6. The van der Waals surface area contributed by atoms with Gasteiger partial charge in [0.2, 0.25) is 5.91 Å². The van der Waals surface area contributed by atoms with E-state index in [2.05, 4.69) is 25.6 Å². The number of amides is 4. The van der Waals surface area contributed by atoms with E-state index in [0.717, 1.165) is 5.56 Å². The van der Waals surface area contributed by atoms with E-state index in [1.54, 1.807) is 57.2 Å². The number of carbonyl (C=O) groups is 4. The van der Waals surface area contributed by atoms with Gasteiger partial charge in [0.25, 0.3) is 11.5 Å². The number of anilines is 1. The number of aliphatic imine (C=N–C) groups is 1. The second-order valence-corrected chi connectivity index (χ2v) is 12.5. The van der Waals surface area contributed by atoms with E-state index < -0.39 is 41.7 Å². The smallest absolute Gasteiger partial charge is 0.435 e. The van der Waals surface area contributed by atoms with Crippen molar-refractivity contribution in [2.24, 2.45) is 10.7 Å². The summed E-state index contributed by atoms with van der Waals surface area (Å²) in [6, 6.07) is 23.7. The van der Waals surface area contributed by atoms with Crippen LogP contribution in [-0.4, -0.2) is 65.0 Å². The summed E-state index contributed by atoms with van der Waals surface area (Å²) in [6.07, 6.45) is -1.21. The zero-order valence-electron chi connectivity index (χ0n) is 28.3. The highest BCUT2D eigenvalue weighted by atomic mass is 35.5. The van der Waals surface area contributed by atoms with E-state index in [1.807, 2.05) is 24.3 Å². The van der Waals surface area contributed by atoms with Gasteiger partial charge >= 0.3 is 12.2 Å². The van der Waals surface area contributed by atoms with Crippen molar-refractivity contribution in [3.63, 3.8) is 0 Å². The van der Waals surface area contributed by atoms with E-state index in [1.165, 1.54) is 29.2 Å². The van der Waals surface area contributed by atoms with Crippen molar-refractivity contribution >= 4 is 47.3 Å². The number of nitrogens with one attached hydrogen (secondary N) is 3. The van der Waals surface area contributed by atoms with Crippen LogP contribution < -0.4 is 26.8 Å². The average Bonchev–Trinajstić information content (AvgIpc) is 3.09. The molecule has 0 bridgehead atoms. The molecule has 1 aromatic heterocycles. The topological polar surface area (TPSA) is 198 Å². The minimum Gasteiger partial charge on any atom is -0.444 e. The molecule has 4 amide bonds. The lowest BCUT2D eigenvalue weighted by molar-refractivity contribution is -0.118. The van der Waals surface area contributed by atoms with Crippen molar-refractivity contribution in [3.8, 4) is 11.3 Å². The summed E-state index contributed by atoms with van der Waals surface area (Å²) in [4.78, 5) is 75.6. The summed E-state index contributed by atoms with van der Waals surface area (Å²) in [7, 11) is 0. The maximum absolute atomic E-state index is 13.2. The monoisotopic (exact) mass is 715 g/mol. The largest absolute Gasteiger partial charge is 0.444 e. The molecule has 4 aromatic rings. The third-order valence-corrected chi connectivity index (χ3v) is 7.21. The first-order valence-corrected chi connectivity index (χ1v) is 16.2. The summed E-state index contributed by atoms with van der Waals surface area (Å²) < 4.78 is 10.4. The fourth-order valence-corrected chi connectivity index (χ4v) is 4.82. The quantitative estimate of drug-likeness (QED) is 0.0897. The molecule has 266 valence electrons. The molecule has 1 heterocycles. The van der Waals surface area contributed by atoms with Gasteiger partial charge in [-0.05, 0) is 44.9 Å². The predicted octanol–water partition coefficient (Wildman–Crippen LogP) is 4.81. The van der Waals surface area contributed by atoms with Crippen LogP contribution in [0.4, 0.5) is 15.4 Å². The molecule has 5 N–H and O–H groups in total. The van der Waals surface area contributed by atoms with Gasteiger partial charge in [0.1, 0.15) is 18.0 Å². The number of nitrogens with two attached hydrogens (primary N) is 1. The molecule has 0 aliphatic carbocycles. The van der Waals surface area contributed by atoms with E-state index in [0.29, 0.717) is 16.8 Å². The highest BCUT2D eigenvalue weighted by molar-refractivity contribution is 6.31. The number of hydrogen-bond donors (Lipinski definition) is 4. The minimum atomic E-state index is -0.877. The lowest BCUT2D eigenvalue weighted by Crippen LogP contribution is -2.43. The Morgan fingerprint density at radius 3 is 2.22 bits per heavy atom. The number of benzene rings is 3. The molecule has 51 heavy (non-hydrogen) atoms. The molecular weight excluding hydrogens is 678 g/mol. The van der Waals surface area contributed by atoms with Crippen molar-refractivity contribution < 1.29 is 28.7 Å². The zero-order chi connectivity index (χ0) is 37.0. The summed E-state index contributed by atoms with van der Waals surface area (Å²) in [5.74, 6) is -1.74. The Balaban J connectivity index is 1.42. The molecule has 0 spiro atoms. The normalized spacial score (nSPS) is 11.3. The number of hydrogen-bond acceptors (Lipinski definition) is 9. The number of nitrogens with zero attached hydrogens (tertiary/aromatic N) is 3. The summed E-state index contributed by atoms with van der Waals surface area (Å²) >= 11 is 6.47. The number of amidine groups is 1. The first kappa shape index (κ1) is 37.8. The maximum Gasteiger partial charge on any atom is 0.435 e. The van der Waals surface area contributed by atoms with Gasteiger partial charge in [0.15, 0.2) is 11.0 Å². The highest BCUT2D eigenvalue weighted by Crippen LogP contribution is 2.24. The lowest BCUT2D eigenvalue weighted by atomic mass is 10.1. The van der Waals surface area contributed by atoms with Gasteiger partial charge < -0.3 is 30.4 Å². The van der Waals surface area contributed by atoms with Crippen LogP contribution in [0.25, 0.3) is 11.3 Å². The Kier molecular flexibility index (Phi) is 13.0. The molecule has 0 saturated heterocycles. The van der Waals surface area contributed by atoms with Crippen LogP contribution in [-0.2, 0) is 20.9 Å². The number of ether oxygens (including phenoxy) is 2. The first-order chi connectivity index (χ1) is 24.3. The Hall–Kier alpha value is -6.02. The number of alkyl carbamates (subject to hydrolysis) is 1. The van der Waals surface area contributed by atoms with Crippen molar-refractivity contribution in [1.29, 1.82) is 0 Å². The van der Waals surface area contributed by atoms with E-state index in [9.17, 15) is 24.0 Å². The molecule has 0 atom stereocenters. The first-order valence-electron chi connectivity index (χ1n) is 15.9. The second-order valence-electron chi connectivity index (χ2n) is 12.1. The van der Waals surface area contributed by atoms with Crippen LogP contribution in [0.1, 0.15) is 48.7 Å². The van der Waals surface area contributed by atoms with Crippen LogP contribution in [0.5, 0.6) is 0 Å². The Morgan fingerprint density at radius 1 is 0.941 bits per heavy atom. The van der Waals surface area contributed by atoms with E-state index in [-0.39, 0.29) is 48.5 Å². The Bertz CT molecular complexity index is 1930. The van der Waals surface area contributed by atoms with E-state index in [4.69, 9.17) is 26.8 Å². The molecule has 14 nitrogen and oxygen atoms in total. The minimum absolute atomic E-state index is 0.00322. The fourth-order valence-electron chi connectivity index (χ4n) is 4.58. The molecule has 0 unspecified atom stereocenters. The number of H-pyrrole nitrogens is 1. The molecule has 0 aliphatic rings. The van der Waals surface area contributed by atoms with Crippen molar-refractivity contribution in [1.82, 2.24) is 20.6 Å². The van der Waals surface area contributed by atoms with Crippen molar-refractivity contribution in [3.05, 3.63) is 117 Å². The summed E-state index contributed by atoms with van der Waals surface area (Å²) in [5, 5.41) is 4.92. The summed E-state index contributed by atoms with van der Waals surface area (Å²) in [5.41, 5.74) is 6.84. The number of imide groups is 1. The number of aromatic nitrogens is 2. The SMILES string of the molecule is CC(C)(C)OC(=O)NCCCN(CC(=O)NC(=O)c1ccc(C(N)=NC(=O)OCc2ccccc2)cc1)c1nc(Cl)c(-c2ccccc2)[nH]c1=O. The third kappa shape index (κ3) is 11.8. The molecule has 0 saturated carbocycles. The van der Waals surface area contributed by atoms with Crippen LogP contribution in [0.2, 0.25) is 5.15 Å². The number of aromatic amines is 1. The van der Waals surface area contributed by atoms with Crippen LogP contribution >= 0.6 is 11.6 Å². The van der Waals surface area contributed by atoms with Crippen molar-refractivity contribution in [2.75, 3.05) is 24.5 Å². The molecule has 15 heteroatoms. The Morgan fingerprint density at radius 2 is 1.57 bits per heavy atom. The average molecular weight is 716 g/mol. The van der Waals surface area contributed by atoms with Gasteiger partial charge in [-0.15, -0.1) is 0 Å². The molecule has 3 aromatic carbocycles. The molecule has 4 rings (SSSR count). The van der Waals surface area contributed by atoms with Crippen molar-refractivity contribution in [2.45, 2.75) is 39.4 Å². The number of carbonyl (C=O) groups excluding carboxylic acids is 4. The van der Waals surface area contributed by atoms with Gasteiger partial charge in [-0.1, -0.05) is 84.4 Å². The van der Waals surface area contributed by atoms with E-state index >= 15 is 0 Å². The van der Waals surface area contributed by atoms with Gasteiger partial charge in [0, 0.05) is 29.8 Å². The number of halogens is 1. The van der Waals surface area contributed by atoms with Crippen LogP contribution in [0, 0.1) is 0 Å². The highest BCUT2D eigenvalue weighted by Gasteiger charge is 2.22. The molecule has 0 aliphatic heterocycles.